The number of hydrogen-bond acceptors (Lipinski definition) is 0. The fraction of sp³-hybridized carbons (Fsp3) is 1.00. The van der Waals surface area contributed by atoms with Crippen LogP contribution in [-0.4, -0.2) is 47.6 Å². The lowest BCUT2D eigenvalue weighted by Gasteiger charge is -2.42. The number of rotatable bonds is 29. The minimum Gasteiger partial charge on any atom is -0.200 e. The van der Waals surface area contributed by atoms with Gasteiger partial charge in [0.05, 0.1) is 0 Å². The molecule has 17 heteroatoms. The van der Waals surface area contributed by atoms with E-state index in [1.807, 2.05) is 0 Å². The average Bonchev–Trinajstić information content (AvgIpc) is 2.98. The highest BCUT2D eigenvalue weighted by atomic mass is 19.4. The molecule has 0 spiro atoms. The first-order chi connectivity index (χ1) is 22.3. The third kappa shape index (κ3) is 12.5. The van der Waals surface area contributed by atoms with Crippen molar-refractivity contribution in [2.75, 3.05) is 0 Å². The molecule has 296 valence electrons. The molecule has 0 atom stereocenters. The van der Waals surface area contributed by atoms with E-state index in [2.05, 4.69) is 6.92 Å². The minimum absolute atomic E-state index is 0.101. The van der Waals surface area contributed by atoms with Crippen LogP contribution in [0.4, 0.5) is 74.6 Å². The highest BCUT2D eigenvalue weighted by molar-refractivity contribution is 5.15. The lowest BCUT2D eigenvalue weighted by atomic mass is 9.87. The van der Waals surface area contributed by atoms with Crippen LogP contribution in [0.15, 0.2) is 0 Å². The maximum atomic E-state index is 14.0. The third-order valence-corrected chi connectivity index (χ3v) is 8.63. The Bertz CT molecular complexity index is 881. The van der Waals surface area contributed by atoms with Gasteiger partial charge in [-0.15, -0.1) is 0 Å². The maximum Gasteiger partial charge on any atom is 0.460 e. The Labute approximate surface area is 277 Å². The van der Waals surface area contributed by atoms with E-state index >= 15 is 0 Å². The van der Waals surface area contributed by atoms with Gasteiger partial charge in [-0.25, -0.2) is 0 Å². The molecule has 0 aliphatic carbocycles. The van der Waals surface area contributed by atoms with E-state index in [0.717, 1.165) is 38.5 Å². The van der Waals surface area contributed by atoms with Gasteiger partial charge in [0.15, 0.2) is 0 Å². The molecular formula is C32H49F17. The monoisotopic (exact) mass is 756 g/mol. The summed E-state index contributed by atoms with van der Waals surface area (Å²) < 4.78 is 227. The SMILES string of the molecule is CCCCCCCCCCCCCCCCCCCCCCCCC(F)(F)C(F)(F)C(F)(F)C(F)(F)C(F)(F)C(F)(F)C(F)(F)C(F)(F)F. The predicted molar refractivity (Wildman–Crippen MR) is 153 cm³/mol. The van der Waals surface area contributed by atoms with Crippen molar-refractivity contribution in [1.29, 1.82) is 0 Å². The van der Waals surface area contributed by atoms with Crippen molar-refractivity contribution in [1.82, 2.24) is 0 Å². The highest BCUT2D eigenvalue weighted by Crippen LogP contribution is 2.64. The summed E-state index contributed by atoms with van der Waals surface area (Å²) in [6, 6.07) is 0. The highest BCUT2D eigenvalue weighted by Gasteiger charge is 2.95. The molecule has 0 aliphatic heterocycles. The Balaban J connectivity index is 4.47. The minimum atomic E-state index is -8.57. The first kappa shape index (κ1) is 47.8. The molecule has 0 rings (SSSR count). The largest absolute Gasteiger partial charge is 0.460 e. The van der Waals surface area contributed by atoms with Gasteiger partial charge in [-0.2, -0.15) is 74.6 Å². The van der Waals surface area contributed by atoms with Crippen LogP contribution in [0, 0.1) is 0 Å². The van der Waals surface area contributed by atoms with Crippen molar-refractivity contribution in [2.24, 2.45) is 0 Å². The first-order valence-electron chi connectivity index (χ1n) is 17.0. The summed E-state index contributed by atoms with van der Waals surface area (Å²) in [6.07, 6.45) is 9.36. The van der Waals surface area contributed by atoms with Crippen LogP contribution in [0.2, 0.25) is 0 Å². The third-order valence-electron chi connectivity index (χ3n) is 8.63. The summed E-state index contributed by atoms with van der Waals surface area (Å²) in [7, 11) is 0. The van der Waals surface area contributed by atoms with Crippen LogP contribution < -0.4 is 0 Å². The van der Waals surface area contributed by atoms with Crippen LogP contribution in [0.5, 0.6) is 0 Å². The summed E-state index contributed by atoms with van der Waals surface area (Å²) in [4.78, 5) is 0. The molecule has 0 aromatic carbocycles. The summed E-state index contributed by atoms with van der Waals surface area (Å²) >= 11 is 0. The van der Waals surface area contributed by atoms with Crippen LogP contribution >= 0.6 is 0 Å². The maximum absolute atomic E-state index is 14.0. The summed E-state index contributed by atoms with van der Waals surface area (Å²) in [5, 5.41) is 0. The molecule has 0 saturated carbocycles. The van der Waals surface area contributed by atoms with Gasteiger partial charge in [-0.05, 0) is 6.42 Å². The van der Waals surface area contributed by atoms with Crippen LogP contribution in [-0.2, 0) is 0 Å². The zero-order chi connectivity index (χ0) is 38.3. The second-order valence-corrected chi connectivity index (χ2v) is 12.8. The van der Waals surface area contributed by atoms with E-state index in [-0.39, 0.29) is 12.8 Å². The van der Waals surface area contributed by atoms with Crippen molar-refractivity contribution in [2.45, 2.75) is 202 Å². The van der Waals surface area contributed by atoms with Gasteiger partial charge in [0.1, 0.15) is 0 Å². The Morgan fingerprint density at radius 2 is 0.449 bits per heavy atom. The first-order valence-corrected chi connectivity index (χ1v) is 17.0. The Morgan fingerprint density at radius 1 is 0.245 bits per heavy atom. The number of hydrogen-bond donors (Lipinski definition) is 0. The standard InChI is InChI=1S/C32H49F17/c1-2-3-4-5-6-7-8-9-10-11-12-13-14-15-16-17-18-19-20-21-22-23-24-25(33,34)26(35,36)27(37,38)28(39,40)29(41,42)30(43,44)31(45,46)32(47,48)49/h2-24H2,1H3. The smallest absolute Gasteiger partial charge is 0.200 e. The molecule has 0 unspecified atom stereocenters. The second-order valence-electron chi connectivity index (χ2n) is 12.8. The molecule has 0 saturated heterocycles. The van der Waals surface area contributed by atoms with Crippen LogP contribution in [0.1, 0.15) is 155 Å². The Morgan fingerprint density at radius 3 is 0.694 bits per heavy atom. The molecule has 0 nitrogen and oxygen atoms in total. The van der Waals surface area contributed by atoms with Crippen molar-refractivity contribution >= 4 is 0 Å². The number of halogens is 17. The summed E-state index contributed by atoms with van der Waals surface area (Å²) in [5.74, 6) is -55.7. The van der Waals surface area contributed by atoms with Crippen molar-refractivity contribution < 1.29 is 74.6 Å². The summed E-state index contributed by atoms with van der Waals surface area (Å²) in [6.45, 7) is 2.19. The molecule has 0 radical (unpaired) electrons. The molecule has 0 amide bonds. The number of unbranched alkanes of at least 4 members (excludes halogenated alkanes) is 21. The van der Waals surface area contributed by atoms with Crippen molar-refractivity contribution in [3.05, 3.63) is 0 Å². The van der Waals surface area contributed by atoms with Gasteiger partial charge in [0, 0.05) is 6.42 Å². The fourth-order valence-electron chi connectivity index (χ4n) is 5.31. The van der Waals surface area contributed by atoms with Gasteiger partial charge in [0.2, 0.25) is 0 Å². The molecule has 0 heterocycles. The average molecular weight is 757 g/mol. The van der Waals surface area contributed by atoms with Gasteiger partial charge in [-0.1, -0.05) is 142 Å². The molecule has 0 bridgehead atoms. The van der Waals surface area contributed by atoms with E-state index in [1.165, 1.54) is 70.6 Å². The van der Waals surface area contributed by atoms with Crippen LogP contribution in [0.25, 0.3) is 0 Å². The normalized spacial score (nSPS) is 14.6. The fourth-order valence-corrected chi connectivity index (χ4v) is 5.31. The summed E-state index contributed by atoms with van der Waals surface area (Å²) in [5.41, 5.74) is 0. The molecule has 0 aromatic rings. The number of alkyl halides is 17. The lowest BCUT2D eigenvalue weighted by molar-refractivity contribution is -0.461. The zero-order valence-electron chi connectivity index (χ0n) is 27.7. The quantitative estimate of drug-likeness (QED) is 0.0527. The van der Waals surface area contributed by atoms with E-state index in [9.17, 15) is 74.6 Å². The van der Waals surface area contributed by atoms with E-state index in [0.29, 0.717) is 12.8 Å². The Hall–Kier alpha value is -1.19. The predicted octanol–water partition coefficient (Wildman–Crippen LogP) is 15.0. The molecule has 0 N–H and O–H groups in total. The molecular weight excluding hydrogens is 707 g/mol. The van der Waals surface area contributed by atoms with Crippen LogP contribution in [0.3, 0.4) is 0 Å². The van der Waals surface area contributed by atoms with Gasteiger partial charge >= 0.3 is 47.6 Å². The van der Waals surface area contributed by atoms with Gasteiger partial charge in [0.25, 0.3) is 0 Å². The van der Waals surface area contributed by atoms with Gasteiger partial charge < -0.3 is 0 Å². The Kier molecular flexibility index (Phi) is 19.7. The van der Waals surface area contributed by atoms with Crippen molar-refractivity contribution in [3.8, 4) is 0 Å². The molecule has 0 aliphatic rings. The zero-order valence-corrected chi connectivity index (χ0v) is 27.7. The lowest BCUT2D eigenvalue weighted by Crippen LogP contribution is -2.74. The molecule has 0 fully saturated rings. The van der Waals surface area contributed by atoms with E-state index < -0.39 is 60.5 Å². The topological polar surface area (TPSA) is 0 Å². The second kappa shape index (κ2) is 20.2. The van der Waals surface area contributed by atoms with Gasteiger partial charge in [-0.3, -0.25) is 0 Å². The van der Waals surface area contributed by atoms with E-state index in [1.54, 1.807) is 0 Å². The molecule has 49 heavy (non-hydrogen) atoms. The van der Waals surface area contributed by atoms with E-state index in [4.69, 9.17) is 0 Å². The molecule has 0 aromatic heterocycles. The van der Waals surface area contributed by atoms with Crippen molar-refractivity contribution in [3.63, 3.8) is 0 Å².